The van der Waals surface area contributed by atoms with Crippen molar-refractivity contribution in [1.82, 2.24) is 4.98 Å². The van der Waals surface area contributed by atoms with E-state index in [0.717, 1.165) is 22.4 Å². The first-order valence-corrected chi connectivity index (χ1v) is 10.2. The fraction of sp³-hybridized carbons (Fsp3) is 0.294. The average molecular weight is 362 g/mol. The molecule has 1 aromatic heterocycles. The van der Waals surface area contributed by atoms with Crippen LogP contribution in [0, 0.1) is 19.8 Å². The van der Waals surface area contributed by atoms with E-state index in [1.165, 1.54) is 16.7 Å². The molecule has 1 N–H and O–H groups in total. The zero-order valence-electron chi connectivity index (χ0n) is 13.4. The molecule has 1 unspecified atom stereocenters. The van der Waals surface area contributed by atoms with E-state index in [1.54, 1.807) is 6.08 Å². The van der Waals surface area contributed by atoms with Gasteiger partial charge in [0.15, 0.2) is 15.0 Å². The maximum Gasteiger partial charge on any atom is 0.226 e. The number of carbonyl (C=O) groups is 1. The fourth-order valence-corrected chi connectivity index (χ4v) is 4.77. The number of thiazole rings is 1. The molecule has 1 aliphatic heterocycles. The summed E-state index contributed by atoms with van der Waals surface area (Å²) in [5.74, 6) is -0.469. The summed E-state index contributed by atoms with van der Waals surface area (Å²) < 4.78 is 22.7. The number of aromatic nitrogens is 1. The molecule has 0 spiro atoms. The van der Waals surface area contributed by atoms with Crippen LogP contribution in [-0.4, -0.2) is 25.1 Å². The first-order chi connectivity index (χ1) is 11.3. The summed E-state index contributed by atoms with van der Waals surface area (Å²) in [6.07, 6.45) is 1.73. The first kappa shape index (κ1) is 16.9. The zero-order valence-corrected chi connectivity index (χ0v) is 15.1. The number of benzene rings is 1. The van der Waals surface area contributed by atoms with Crippen LogP contribution < -0.4 is 5.32 Å². The number of nitrogens with one attached hydrogen (secondary N) is 1. The predicted octanol–water partition coefficient (Wildman–Crippen LogP) is 3.31. The molecule has 1 aliphatic rings. The second kappa shape index (κ2) is 6.49. The Morgan fingerprint density at radius 2 is 2.17 bits per heavy atom. The van der Waals surface area contributed by atoms with Crippen molar-refractivity contribution in [1.29, 1.82) is 0 Å². The van der Waals surface area contributed by atoms with Crippen LogP contribution in [0.5, 0.6) is 0 Å². The lowest BCUT2D eigenvalue weighted by molar-refractivity contribution is -0.116. The zero-order chi connectivity index (χ0) is 17.3. The van der Waals surface area contributed by atoms with E-state index in [2.05, 4.69) is 28.5 Å². The minimum absolute atomic E-state index is 0.00598. The highest BCUT2D eigenvalue weighted by atomic mass is 32.2. The number of aryl methyl sites for hydroxylation is 2. The molecular weight excluding hydrogens is 344 g/mol. The Labute approximate surface area is 145 Å². The van der Waals surface area contributed by atoms with Crippen molar-refractivity contribution in [3.8, 4) is 11.3 Å². The quantitative estimate of drug-likeness (QED) is 0.905. The van der Waals surface area contributed by atoms with E-state index < -0.39 is 9.84 Å². The van der Waals surface area contributed by atoms with E-state index in [1.807, 2.05) is 19.2 Å². The molecule has 0 aliphatic carbocycles. The molecule has 126 valence electrons. The Bertz CT molecular complexity index is 914. The highest BCUT2D eigenvalue weighted by Crippen LogP contribution is 2.28. The van der Waals surface area contributed by atoms with Gasteiger partial charge in [0.2, 0.25) is 5.91 Å². The fourth-order valence-electron chi connectivity index (χ4n) is 2.64. The Kier molecular flexibility index (Phi) is 4.56. The molecule has 1 atom stereocenters. The Hall–Kier alpha value is -1.99. The molecule has 5 nitrogen and oxygen atoms in total. The molecule has 0 bridgehead atoms. The van der Waals surface area contributed by atoms with Crippen molar-refractivity contribution in [2.75, 3.05) is 11.1 Å². The average Bonchev–Trinajstić information content (AvgIpc) is 3.08. The normalized spacial score (nSPS) is 18.7. The molecule has 1 aromatic carbocycles. The highest BCUT2D eigenvalue weighted by molar-refractivity contribution is 7.94. The number of hydrogen-bond donors (Lipinski definition) is 1. The van der Waals surface area contributed by atoms with E-state index in [-0.39, 0.29) is 24.0 Å². The summed E-state index contributed by atoms with van der Waals surface area (Å²) in [5.41, 5.74) is 4.17. The third-order valence-corrected chi connectivity index (χ3v) is 6.09. The van der Waals surface area contributed by atoms with Gasteiger partial charge in [-0.25, -0.2) is 13.4 Å². The van der Waals surface area contributed by atoms with Crippen molar-refractivity contribution in [2.24, 2.45) is 5.92 Å². The molecule has 0 fully saturated rings. The number of amides is 1. The second-order valence-electron chi connectivity index (χ2n) is 6.03. The van der Waals surface area contributed by atoms with Gasteiger partial charge in [-0.2, -0.15) is 0 Å². The summed E-state index contributed by atoms with van der Waals surface area (Å²) in [6, 6.07) is 6.18. The number of anilines is 1. The van der Waals surface area contributed by atoms with Crippen LogP contribution in [0.2, 0.25) is 0 Å². The summed E-state index contributed by atoms with van der Waals surface area (Å²) in [7, 11) is -3.13. The third kappa shape index (κ3) is 3.91. The van der Waals surface area contributed by atoms with E-state index in [0.29, 0.717) is 5.13 Å². The molecule has 0 saturated heterocycles. The molecule has 2 aromatic rings. The van der Waals surface area contributed by atoms with Gasteiger partial charge in [-0.3, -0.25) is 4.79 Å². The highest BCUT2D eigenvalue weighted by Gasteiger charge is 2.24. The van der Waals surface area contributed by atoms with E-state index in [9.17, 15) is 13.2 Å². The van der Waals surface area contributed by atoms with Crippen molar-refractivity contribution in [3.63, 3.8) is 0 Å². The molecule has 2 heterocycles. The lowest BCUT2D eigenvalue weighted by atomic mass is 10.0. The lowest BCUT2D eigenvalue weighted by Gasteiger charge is -2.06. The largest absolute Gasteiger partial charge is 0.302 e. The van der Waals surface area contributed by atoms with Gasteiger partial charge >= 0.3 is 0 Å². The van der Waals surface area contributed by atoms with E-state index >= 15 is 0 Å². The maximum absolute atomic E-state index is 12.1. The van der Waals surface area contributed by atoms with Crippen molar-refractivity contribution in [3.05, 3.63) is 46.2 Å². The van der Waals surface area contributed by atoms with Gasteiger partial charge in [0.1, 0.15) is 0 Å². The summed E-state index contributed by atoms with van der Waals surface area (Å²) in [5, 5.41) is 6.39. The second-order valence-corrected chi connectivity index (χ2v) is 8.82. The van der Waals surface area contributed by atoms with Crippen LogP contribution in [0.4, 0.5) is 5.13 Å². The Morgan fingerprint density at radius 1 is 1.38 bits per heavy atom. The van der Waals surface area contributed by atoms with Gasteiger partial charge in [0.05, 0.1) is 11.4 Å². The number of allylic oxidation sites excluding steroid dienone is 1. The Morgan fingerprint density at radius 3 is 2.88 bits per heavy atom. The first-order valence-electron chi connectivity index (χ1n) is 7.56. The monoisotopic (exact) mass is 362 g/mol. The van der Waals surface area contributed by atoms with Crippen molar-refractivity contribution in [2.45, 2.75) is 20.3 Å². The van der Waals surface area contributed by atoms with Gasteiger partial charge in [-0.1, -0.05) is 23.8 Å². The number of hydrogen-bond acceptors (Lipinski definition) is 5. The van der Waals surface area contributed by atoms with Gasteiger partial charge in [0, 0.05) is 28.7 Å². The van der Waals surface area contributed by atoms with Gasteiger partial charge in [-0.05, 0) is 25.5 Å². The predicted molar refractivity (Wildman–Crippen MR) is 96.7 cm³/mol. The molecular formula is C17H18N2O3S2. The number of carbonyl (C=O) groups excluding carboxylic acids is 1. The molecule has 3 rings (SSSR count). The van der Waals surface area contributed by atoms with E-state index in [4.69, 9.17) is 0 Å². The van der Waals surface area contributed by atoms with Gasteiger partial charge in [-0.15, -0.1) is 11.3 Å². The third-order valence-electron chi connectivity index (χ3n) is 3.87. The molecule has 24 heavy (non-hydrogen) atoms. The topological polar surface area (TPSA) is 76.1 Å². The van der Waals surface area contributed by atoms with Crippen LogP contribution in [0.25, 0.3) is 11.3 Å². The number of sulfone groups is 1. The smallest absolute Gasteiger partial charge is 0.226 e. The number of nitrogens with zero attached hydrogens (tertiary/aromatic N) is 1. The van der Waals surface area contributed by atoms with Crippen LogP contribution >= 0.6 is 11.3 Å². The lowest BCUT2D eigenvalue weighted by Crippen LogP contribution is -2.17. The van der Waals surface area contributed by atoms with Crippen LogP contribution in [0.3, 0.4) is 0 Å². The minimum Gasteiger partial charge on any atom is -0.302 e. The van der Waals surface area contributed by atoms with Crippen LogP contribution in [0.1, 0.15) is 17.5 Å². The standard InChI is InChI=1S/C17H18N2O3S2/c1-11-3-4-12(2)14(7-11)15-9-23-17(18-15)19-16(20)8-13-5-6-24(21,22)10-13/h3-7,9,13H,8,10H2,1-2H3,(H,18,19,20). The van der Waals surface area contributed by atoms with Crippen molar-refractivity contribution < 1.29 is 13.2 Å². The van der Waals surface area contributed by atoms with Crippen LogP contribution in [-0.2, 0) is 14.6 Å². The molecule has 1 amide bonds. The Balaban J connectivity index is 1.67. The maximum atomic E-state index is 12.1. The minimum atomic E-state index is -3.13. The van der Waals surface area contributed by atoms with Crippen LogP contribution in [0.15, 0.2) is 35.1 Å². The van der Waals surface area contributed by atoms with Gasteiger partial charge < -0.3 is 5.32 Å². The summed E-state index contributed by atoms with van der Waals surface area (Å²) in [6.45, 7) is 4.06. The van der Waals surface area contributed by atoms with Gasteiger partial charge in [0.25, 0.3) is 0 Å². The molecule has 7 heteroatoms. The summed E-state index contributed by atoms with van der Waals surface area (Å²) in [4.78, 5) is 16.5. The number of rotatable bonds is 4. The molecule has 0 saturated carbocycles. The van der Waals surface area contributed by atoms with Crippen molar-refractivity contribution >= 4 is 32.2 Å². The SMILES string of the molecule is Cc1ccc(C)c(-c2csc(NC(=O)CC3C=CS(=O)(=O)C3)n2)c1. The summed E-state index contributed by atoms with van der Waals surface area (Å²) >= 11 is 1.37. The molecule has 0 radical (unpaired) electrons.